The van der Waals surface area contributed by atoms with Gasteiger partial charge in [-0.3, -0.25) is 4.90 Å². The standard InChI is InChI=1S/C9H19NO.C7H16O2/c1-9(2)3-4-10-5-7-11-8-6-10;1-6(2)5-7(8-3)9-4/h9H,3-8H2,1-2H3;6-7H,5H2,1-4H3. The van der Waals surface area contributed by atoms with E-state index in [0.29, 0.717) is 5.92 Å². The third kappa shape index (κ3) is 11.6. The fourth-order valence-electron chi connectivity index (χ4n) is 1.94. The quantitative estimate of drug-likeness (QED) is 0.674. The lowest BCUT2D eigenvalue weighted by Gasteiger charge is -2.26. The van der Waals surface area contributed by atoms with Crippen LogP contribution in [-0.2, 0) is 14.2 Å². The molecule has 4 heteroatoms. The fraction of sp³-hybridized carbons (Fsp3) is 1.00. The maximum absolute atomic E-state index is 5.26. The Morgan fingerprint density at radius 1 is 0.950 bits per heavy atom. The van der Waals surface area contributed by atoms with Crippen LogP contribution in [0.5, 0.6) is 0 Å². The molecule has 0 aromatic rings. The van der Waals surface area contributed by atoms with Crippen molar-refractivity contribution in [1.82, 2.24) is 4.90 Å². The summed E-state index contributed by atoms with van der Waals surface area (Å²) in [7, 11) is 3.33. The van der Waals surface area contributed by atoms with Crippen molar-refractivity contribution >= 4 is 0 Å². The Bertz CT molecular complexity index is 200. The molecule has 0 bridgehead atoms. The van der Waals surface area contributed by atoms with Crippen LogP contribution in [0.3, 0.4) is 0 Å². The fourth-order valence-corrected chi connectivity index (χ4v) is 1.94. The number of hydrogen-bond donors (Lipinski definition) is 0. The molecule has 0 aromatic heterocycles. The Morgan fingerprint density at radius 2 is 1.50 bits per heavy atom. The highest BCUT2D eigenvalue weighted by atomic mass is 16.7. The van der Waals surface area contributed by atoms with Crippen molar-refractivity contribution < 1.29 is 14.2 Å². The van der Waals surface area contributed by atoms with Crippen LogP contribution < -0.4 is 0 Å². The van der Waals surface area contributed by atoms with Gasteiger partial charge < -0.3 is 14.2 Å². The van der Waals surface area contributed by atoms with Crippen molar-refractivity contribution in [2.24, 2.45) is 11.8 Å². The van der Waals surface area contributed by atoms with Gasteiger partial charge in [-0.05, 0) is 24.8 Å². The number of ether oxygens (including phenoxy) is 3. The van der Waals surface area contributed by atoms with Gasteiger partial charge in [0.2, 0.25) is 0 Å². The average Bonchev–Trinajstić information content (AvgIpc) is 2.44. The Morgan fingerprint density at radius 3 is 1.85 bits per heavy atom. The summed E-state index contributed by atoms with van der Waals surface area (Å²) >= 11 is 0. The van der Waals surface area contributed by atoms with Crippen LogP contribution in [0.25, 0.3) is 0 Å². The van der Waals surface area contributed by atoms with E-state index in [9.17, 15) is 0 Å². The molecule has 1 aliphatic heterocycles. The SMILES string of the molecule is CC(C)CCN1CCOCC1.COC(CC(C)C)OC. The molecule has 4 nitrogen and oxygen atoms in total. The van der Waals surface area contributed by atoms with Gasteiger partial charge in [0.1, 0.15) is 0 Å². The van der Waals surface area contributed by atoms with Crippen molar-refractivity contribution in [3.63, 3.8) is 0 Å². The molecule has 122 valence electrons. The van der Waals surface area contributed by atoms with Crippen molar-refractivity contribution in [1.29, 1.82) is 0 Å². The molecule has 1 rings (SSSR count). The number of morpholine rings is 1. The van der Waals surface area contributed by atoms with Gasteiger partial charge in [0, 0.05) is 33.7 Å². The van der Waals surface area contributed by atoms with Gasteiger partial charge in [-0.25, -0.2) is 0 Å². The molecule has 0 aromatic carbocycles. The van der Waals surface area contributed by atoms with Gasteiger partial charge in [-0.15, -0.1) is 0 Å². The summed E-state index contributed by atoms with van der Waals surface area (Å²) < 4.78 is 15.2. The molecule has 1 aliphatic rings. The first kappa shape index (κ1) is 19.8. The van der Waals surface area contributed by atoms with E-state index in [0.717, 1.165) is 38.6 Å². The van der Waals surface area contributed by atoms with Gasteiger partial charge in [-0.1, -0.05) is 27.7 Å². The summed E-state index contributed by atoms with van der Waals surface area (Å²) in [6.07, 6.45) is 2.26. The van der Waals surface area contributed by atoms with E-state index >= 15 is 0 Å². The largest absolute Gasteiger partial charge is 0.379 e. The van der Waals surface area contributed by atoms with E-state index in [4.69, 9.17) is 14.2 Å². The Balaban J connectivity index is 0.000000370. The van der Waals surface area contributed by atoms with E-state index in [1.807, 2.05) is 0 Å². The van der Waals surface area contributed by atoms with E-state index in [1.165, 1.54) is 13.0 Å². The summed E-state index contributed by atoms with van der Waals surface area (Å²) in [6.45, 7) is 14.2. The normalized spacial score (nSPS) is 16.6. The zero-order chi connectivity index (χ0) is 15.4. The predicted molar refractivity (Wildman–Crippen MR) is 84.0 cm³/mol. The molecule has 0 saturated carbocycles. The Hall–Kier alpha value is -0.160. The first-order valence-corrected chi connectivity index (χ1v) is 7.85. The minimum Gasteiger partial charge on any atom is -0.379 e. The van der Waals surface area contributed by atoms with E-state index in [2.05, 4.69) is 32.6 Å². The van der Waals surface area contributed by atoms with Crippen molar-refractivity contribution in [3.05, 3.63) is 0 Å². The first-order valence-electron chi connectivity index (χ1n) is 7.85. The van der Waals surface area contributed by atoms with E-state index in [1.54, 1.807) is 14.2 Å². The molecule has 0 radical (unpaired) electrons. The van der Waals surface area contributed by atoms with Gasteiger partial charge in [0.05, 0.1) is 13.2 Å². The van der Waals surface area contributed by atoms with Crippen LogP contribution in [0.2, 0.25) is 0 Å². The molecule has 1 saturated heterocycles. The van der Waals surface area contributed by atoms with Crippen molar-refractivity contribution in [3.8, 4) is 0 Å². The van der Waals surface area contributed by atoms with Crippen LogP contribution in [0, 0.1) is 11.8 Å². The number of hydrogen-bond acceptors (Lipinski definition) is 4. The van der Waals surface area contributed by atoms with Crippen LogP contribution in [0.1, 0.15) is 40.5 Å². The van der Waals surface area contributed by atoms with Gasteiger partial charge in [0.15, 0.2) is 6.29 Å². The third-order valence-electron chi connectivity index (χ3n) is 3.32. The van der Waals surface area contributed by atoms with Crippen molar-refractivity contribution in [2.45, 2.75) is 46.8 Å². The molecule has 0 atom stereocenters. The summed E-state index contributed by atoms with van der Waals surface area (Å²) in [5.41, 5.74) is 0. The minimum absolute atomic E-state index is 0.0231. The van der Waals surface area contributed by atoms with Gasteiger partial charge >= 0.3 is 0 Å². The Labute approximate surface area is 125 Å². The maximum Gasteiger partial charge on any atom is 0.157 e. The predicted octanol–water partition coefficient (Wildman–Crippen LogP) is 3.02. The molecule has 0 spiro atoms. The summed E-state index contributed by atoms with van der Waals surface area (Å²) in [5.74, 6) is 1.47. The topological polar surface area (TPSA) is 30.9 Å². The molecule has 0 unspecified atom stereocenters. The lowest BCUT2D eigenvalue weighted by molar-refractivity contribution is -0.112. The highest BCUT2D eigenvalue weighted by Gasteiger charge is 2.09. The maximum atomic E-state index is 5.26. The Kier molecular flexibility index (Phi) is 12.5. The van der Waals surface area contributed by atoms with E-state index < -0.39 is 0 Å². The molecule has 1 heterocycles. The second-order valence-corrected chi connectivity index (χ2v) is 6.17. The second-order valence-electron chi connectivity index (χ2n) is 6.17. The molecule has 0 aliphatic carbocycles. The highest BCUT2D eigenvalue weighted by Crippen LogP contribution is 2.07. The summed E-state index contributed by atoms with van der Waals surface area (Å²) in [6, 6.07) is 0. The zero-order valence-corrected chi connectivity index (χ0v) is 14.4. The third-order valence-corrected chi connectivity index (χ3v) is 3.32. The van der Waals surface area contributed by atoms with Crippen LogP contribution in [-0.4, -0.2) is 58.3 Å². The highest BCUT2D eigenvalue weighted by molar-refractivity contribution is 4.62. The second kappa shape index (κ2) is 12.6. The molecule has 0 N–H and O–H groups in total. The number of rotatable bonds is 7. The van der Waals surface area contributed by atoms with Crippen LogP contribution >= 0.6 is 0 Å². The number of methoxy groups -OCH3 is 2. The van der Waals surface area contributed by atoms with Crippen LogP contribution in [0.15, 0.2) is 0 Å². The van der Waals surface area contributed by atoms with Crippen LogP contribution in [0.4, 0.5) is 0 Å². The first-order chi connectivity index (χ1) is 9.49. The molecular weight excluding hydrogens is 254 g/mol. The molecule has 0 amide bonds. The number of nitrogens with zero attached hydrogens (tertiary/aromatic N) is 1. The molecule has 20 heavy (non-hydrogen) atoms. The average molecular weight is 289 g/mol. The molecule has 1 fully saturated rings. The zero-order valence-electron chi connectivity index (χ0n) is 14.4. The van der Waals surface area contributed by atoms with Gasteiger partial charge in [-0.2, -0.15) is 0 Å². The van der Waals surface area contributed by atoms with Crippen molar-refractivity contribution in [2.75, 3.05) is 47.1 Å². The molecular formula is C16H35NO3. The summed E-state index contributed by atoms with van der Waals surface area (Å²) in [4.78, 5) is 2.49. The van der Waals surface area contributed by atoms with E-state index in [-0.39, 0.29) is 6.29 Å². The monoisotopic (exact) mass is 289 g/mol. The lowest BCUT2D eigenvalue weighted by atomic mass is 10.1. The lowest BCUT2D eigenvalue weighted by Crippen LogP contribution is -2.37. The minimum atomic E-state index is -0.0231. The smallest absolute Gasteiger partial charge is 0.157 e. The van der Waals surface area contributed by atoms with Gasteiger partial charge in [0.25, 0.3) is 0 Å². The summed E-state index contributed by atoms with van der Waals surface area (Å²) in [5, 5.41) is 0.